The predicted molar refractivity (Wildman–Crippen MR) is 71.9 cm³/mol. The number of hydrogen-bond acceptors (Lipinski definition) is 4. The fourth-order valence-corrected chi connectivity index (χ4v) is 1.99. The van der Waals surface area contributed by atoms with E-state index in [0.29, 0.717) is 23.5 Å². The maximum atomic E-state index is 11.9. The van der Waals surface area contributed by atoms with Crippen LogP contribution >= 0.6 is 0 Å². The number of nitrogens with one attached hydrogen (secondary N) is 1. The minimum Gasteiger partial charge on any atom is -0.396 e. The van der Waals surface area contributed by atoms with Crippen molar-refractivity contribution in [2.45, 2.75) is 33.2 Å². The van der Waals surface area contributed by atoms with Crippen LogP contribution in [0.25, 0.3) is 11.4 Å². The molecule has 102 valence electrons. The van der Waals surface area contributed by atoms with E-state index < -0.39 is 0 Å². The molecule has 2 N–H and O–H groups in total. The molecule has 0 unspecified atom stereocenters. The topological polar surface area (TPSA) is 83.8 Å². The first kappa shape index (κ1) is 13.5. The van der Waals surface area contributed by atoms with Gasteiger partial charge < -0.3 is 10.1 Å². The van der Waals surface area contributed by atoms with Gasteiger partial charge in [0.15, 0.2) is 0 Å². The highest BCUT2D eigenvalue weighted by Gasteiger charge is 2.10. The Morgan fingerprint density at radius 2 is 2.26 bits per heavy atom. The normalized spacial score (nSPS) is 10.9. The van der Waals surface area contributed by atoms with Gasteiger partial charge in [0, 0.05) is 37.0 Å². The Morgan fingerprint density at radius 1 is 1.47 bits per heavy atom. The van der Waals surface area contributed by atoms with Crippen LogP contribution < -0.4 is 5.56 Å². The summed E-state index contributed by atoms with van der Waals surface area (Å²) in [5.41, 5.74) is 1.78. The molecule has 2 heterocycles. The first-order chi connectivity index (χ1) is 9.15. The van der Waals surface area contributed by atoms with Crippen molar-refractivity contribution in [1.29, 1.82) is 0 Å². The molecule has 0 aliphatic rings. The fourth-order valence-electron chi connectivity index (χ4n) is 1.99. The number of aryl methyl sites for hydroxylation is 2. The van der Waals surface area contributed by atoms with Gasteiger partial charge in [-0.3, -0.25) is 9.48 Å². The molecule has 2 aromatic rings. The Kier molecular flexibility index (Phi) is 4.11. The molecule has 6 heteroatoms. The van der Waals surface area contributed by atoms with Gasteiger partial charge in [-0.15, -0.1) is 0 Å². The lowest BCUT2D eigenvalue weighted by atomic mass is 10.1. The number of nitrogens with zero attached hydrogens (tertiary/aromatic N) is 3. The summed E-state index contributed by atoms with van der Waals surface area (Å²) in [7, 11) is 0. The Morgan fingerprint density at radius 3 is 2.89 bits per heavy atom. The van der Waals surface area contributed by atoms with Crippen molar-refractivity contribution >= 4 is 0 Å². The van der Waals surface area contributed by atoms with E-state index in [1.807, 2.05) is 10.9 Å². The van der Waals surface area contributed by atoms with Crippen molar-refractivity contribution in [2.75, 3.05) is 6.61 Å². The van der Waals surface area contributed by atoms with Crippen LogP contribution in [0.4, 0.5) is 0 Å². The van der Waals surface area contributed by atoms with Crippen LogP contribution in [0.5, 0.6) is 0 Å². The van der Waals surface area contributed by atoms with E-state index in [1.54, 1.807) is 13.1 Å². The molecule has 0 aliphatic heterocycles. The van der Waals surface area contributed by atoms with Crippen molar-refractivity contribution in [2.24, 2.45) is 0 Å². The zero-order valence-electron chi connectivity index (χ0n) is 11.2. The maximum absolute atomic E-state index is 11.9. The zero-order valence-corrected chi connectivity index (χ0v) is 11.2. The van der Waals surface area contributed by atoms with Gasteiger partial charge >= 0.3 is 0 Å². The molecule has 0 saturated carbocycles. The second-order valence-corrected chi connectivity index (χ2v) is 4.44. The monoisotopic (exact) mass is 262 g/mol. The van der Waals surface area contributed by atoms with Crippen LogP contribution in [-0.2, 0) is 13.0 Å². The van der Waals surface area contributed by atoms with Gasteiger partial charge in [-0.1, -0.05) is 6.92 Å². The molecule has 0 radical (unpaired) electrons. The molecule has 2 aromatic heterocycles. The minimum atomic E-state index is -0.195. The Bertz CT molecular complexity index is 615. The lowest BCUT2D eigenvalue weighted by molar-refractivity contribution is 0.298. The third-order valence-corrected chi connectivity index (χ3v) is 2.94. The SMILES string of the molecule is CCCn1cc(-c2nc(C)c(CCO)c(=O)[nH]2)cn1. The van der Waals surface area contributed by atoms with E-state index >= 15 is 0 Å². The molecule has 19 heavy (non-hydrogen) atoms. The van der Waals surface area contributed by atoms with Gasteiger partial charge in [-0.2, -0.15) is 5.10 Å². The van der Waals surface area contributed by atoms with Gasteiger partial charge in [0.25, 0.3) is 5.56 Å². The van der Waals surface area contributed by atoms with Gasteiger partial charge in [0.1, 0.15) is 5.82 Å². The highest BCUT2D eigenvalue weighted by molar-refractivity contribution is 5.52. The van der Waals surface area contributed by atoms with Crippen molar-refractivity contribution < 1.29 is 5.11 Å². The van der Waals surface area contributed by atoms with Crippen molar-refractivity contribution in [1.82, 2.24) is 19.7 Å². The molecule has 0 atom stereocenters. The number of aliphatic hydroxyl groups excluding tert-OH is 1. The summed E-state index contributed by atoms with van der Waals surface area (Å²) in [4.78, 5) is 19.0. The Balaban J connectivity index is 2.37. The quantitative estimate of drug-likeness (QED) is 0.838. The first-order valence-electron chi connectivity index (χ1n) is 6.39. The smallest absolute Gasteiger partial charge is 0.254 e. The van der Waals surface area contributed by atoms with E-state index in [2.05, 4.69) is 22.0 Å². The van der Waals surface area contributed by atoms with Gasteiger partial charge in [-0.25, -0.2) is 4.98 Å². The van der Waals surface area contributed by atoms with Crippen molar-refractivity contribution in [3.8, 4) is 11.4 Å². The summed E-state index contributed by atoms with van der Waals surface area (Å²) in [6.07, 6.45) is 4.88. The second kappa shape index (κ2) is 5.79. The summed E-state index contributed by atoms with van der Waals surface area (Å²) in [5.74, 6) is 0.520. The number of aromatic amines is 1. The molecule has 2 rings (SSSR count). The average Bonchev–Trinajstić information content (AvgIpc) is 2.83. The van der Waals surface area contributed by atoms with Crippen LogP contribution in [0.15, 0.2) is 17.2 Å². The summed E-state index contributed by atoms with van der Waals surface area (Å²) >= 11 is 0. The molecular formula is C13H18N4O2. The molecule has 0 fully saturated rings. The molecular weight excluding hydrogens is 244 g/mol. The predicted octanol–water partition coefficient (Wildman–Crippen LogP) is 0.887. The summed E-state index contributed by atoms with van der Waals surface area (Å²) in [6.45, 7) is 4.64. The Labute approximate surface area is 111 Å². The third kappa shape index (κ3) is 2.90. The fraction of sp³-hybridized carbons (Fsp3) is 0.462. The van der Waals surface area contributed by atoms with Crippen LogP contribution in [0.1, 0.15) is 24.6 Å². The van der Waals surface area contributed by atoms with Crippen LogP contribution in [0.3, 0.4) is 0 Å². The molecule has 6 nitrogen and oxygen atoms in total. The number of H-pyrrole nitrogens is 1. The van der Waals surface area contributed by atoms with E-state index in [1.165, 1.54) is 0 Å². The highest BCUT2D eigenvalue weighted by Crippen LogP contribution is 2.13. The minimum absolute atomic E-state index is 0.0562. The lowest BCUT2D eigenvalue weighted by Gasteiger charge is -2.04. The van der Waals surface area contributed by atoms with Crippen molar-refractivity contribution in [3.63, 3.8) is 0 Å². The summed E-state index contributed by atoms with van der Waals surface area (Å²) in [5, 5.41) is 13.1. The summed E-state index contributed by atoms with van der Waals surface area (Å²) < 4.78 is 1.83. The van der Waals surface area contributed by atoms with E-state index in [-0.39, 0.29) is 12.2 Å². The molecule has 0 bridgehead atoms. The number of rotatable bonds is 5. The Hall–Kier alpha value is -1.95. The molecule has 0 aromatic carbocycles. The molecule has 0 saturated heterocycles. The van der Waals surface area contributed by atoms with Crippen LogP contribution in [-0.4, -0.2) is 31.5 Å². The number of hydrogen-bond donors (Lipinski definition) is 2. The van der Waals surface area contributed by atoms with E-state index in [4.69, 9.17) is 5.11 Å². The van der Waals surface area contributed by atoms with Crippen molar-refractivity contribution in [3.05, 3.63) is 34.0 Å². The zero-order chi connectivity index (χ0) is 13.8. The van der Waals surface area contributed by atoms with E-state index in [0.717, 1.165) is 18.5 Å². The van der Waals surface area contributed by atoms with E-state index in [9.17, 15) is 4.79 Å². The van der Waals surface area contributed by atoms with Gasteiger partial charge in [0.05, 0.1) is 11.8 Å². The van der Waals surface area contributed by atoms with Gasteiger partial charge in [0.2, 0.25) is 0 Å². The van der Waals surface area contributed by atoms with Crippen LogP contribution in [0.2, 0.25) is 0 Å². The second-order valence-electron chi connectivity index (χ2n) is 4.44. The molecule has 0 amide bonds. The lowest BCUT2D eigenvalue weighted by Crippen LogP contribution is -2.18. The summed E-state index contributed by atoms with van der Waals surface area (Å²) in [6, 6.07) is 0. The standard InChI is InChI=1S/C13H18N4O2/c1-3-5-17-8-10(7-14-17)12-15-9(2)11(4-6-18)13(19)16-12/h7-8,18H,3-6H2,1-2H3,(H,15,16,19). The maximum Gasteiger partial charge on any atom is 0.254 e. The third-order valence-electron chi connectivity index (χ3n) is 2.94. The molecule has 0 aliphatic carbocycles. The highest BCUT2D eigenvalue weighted by atomic mass is 16.3. The number of aliphatic hydroxyl groups is 1. The molecule has 0 spiro atoms. The largest absolute Gasteiger partial charge is 0.396 e. The van der Waals surface area contributed by atoms with Crippen LogP contribution in [0, 0.1) is 6.92 Å². The van der Waals surface area contributed by atoms with Gasteiger partial charge in [-0.05, 0) is 13.3 Å². The average molecular weight is 262 g/mol. The first-order valence-corrected chi connectivity index (χ1v) is 6.39. The number of aromatic nitrogens is 4.